The first-order valence-corrected chi connectivity index (χ1v) is 5.91. The minimum Gasteiger partial charge on any atom is -0.454 e. The van der Waals surface area contributed by atoms with Crippen LogP contribution in [0.25, 0.3) is 0 Å². The Morgan fingerprint density at radius 1 is 1.37 bits per heavy atom. The lowest BCUT2D eigenvalue weighted by Gasteiger charge is -2.04. The number of carbonyl (C=O) groups excluding carboxylic acids is 1. The van der Waals surface area contributed by atoms with Crippen LogP contribution in [0.3, 0.4) is 0 Å². The van der Waals surface area contributed by atoms with Crippen LogP contribution in [0.5, 0.6) is 11.5 Å². The third kappa shape index (κ3) is 2.52. The second-order valence-electron chi connectivity index (χ2n) is 4.34. The predicted octanol–water partition coefficient (Wildman–Crippen LogP) is 1.63. The van der Waals surface area contributed by atoms with E-state index in [0.29, 0.717) is 17.2 Å². The van der Waals surface area contributed by atoms with Crippen molar-refractivity contribution in [1.29, 1.82) is 0 Å². The zero-order valence-corrected chi connectivity index (χ0v) is 10.4. The van der Waals surface area contributed by atoms with E-state index in [4.69, 9.17) is 9.47 Å². The van der Waals surface area contributed by atoms with Crippen molar-refractivity contribution < 1.29 is 14.3 Å². The van der Waals surface area contributed by atoms with Crippen molar-refractivity contribution in [1.82, 2.24) is 10.2 Å². The van der Waals surface area contributed by atoms with Gasteiger partial charge in [0.15, 0.2) is 11.5 Å². The van der Waals surface area contributed by atoms with Gasteiger partial charge in [-0.25, -0.2) is 0 Å². The van der Waals surface area contributed by atoms with Crippen LogP contribution in [-0.4, -0.2) is 22.9 Å². The molecule has 0 atom stereocenters. The van der Waals surface area contributed by atoms with E-state index in [9.17, 15) is 4.79 Å². The lowest BCUT2D eigenvalue weighted by molar-refractivity contribution is -0.115. The Morgan fingerprint density at radius 3 is 3.00 bits per heavy atom. The third-order valence-corrected chi connectivity index (χ3v) is 2.76. The average molecular weight is 259 g/mol. The number of aryl methyl sites for hydroxylation is 1. The molecule has 6 heteroatoms. The number of nitrogens with one attached hydrogen (secondary N) is 2. The minimum absolute atomic E-state index is 0.120. The molecule has 0 fully saturated rings. The highest BCUT2D eigenvalue weighted by Gasteiger charge is 2.14. The molecule has 0 bridgehead atoms. The fraction of sp³-hybridized carbons (Fsp3) is 0.231. The third-order valence-electron chi connectivity index (χ3n) is 2.76. The number of anilines is 1. The van der Waals surface area contributed by atoms with Crippen LogP contribution < -0.4 is 14.8 Å². The summed E-state index contributed by atoms with van der Waals surface area (Å²) < 4.78 is 10.5. The van der Waals surface area contributed by atoms with Crippen LogP contribution in [0.15, 0.2) is 24.3 Å². The Hall–Kier alpha value is -2.50. The molecule has 1 aromatic carbocycles. The Morgan fingerprint density at radius 2 is 2.21 bits per heavy atom. The number of ether oxygens (including phenoxy) is 2. The average Bonchev–Trinajstić information content (AvgIpc) is 2.97. The Balaban J connectivity index is 1.66. The van der Waals surface area contributed by atoms with Gasteiger partial charge in [-0.1, -0.05) is 0 Å². The Labute approximate surface area is 109 Å². The van der Waals surface area contributed by atoms with Gasteiger partial charge >= 0.3 is 0 Å². The summed E-state index contributed by atoms with van der Waals surface area (Å²) in [6.45, 7) is 2.12. The van der Waals surface area contributed by atoms with Gasteiger partial charge in [0.05, 0.1) is 12.1 Å². The number of fused-ring (bicyclic) bond motifs is 1. The molecular weight excluding hydrogens is 246 g/mol. The number of H-pyrrole nitrogens is 1. The summed E-state index contributed by atoms with van der Waals surface area (Å²) >= 11 is 0. The van der Waals surface area contributed by atoms with E-state index in [1.54, 1.807) is 18.2 Å². The lowest BCUT2D eigenvalue weighted by Crippen LogP contribution is -2.14. The topological polar surface area (TPSA) is 76.2 Å². The number of benzene rings is 1. The number of aromatic nitrogens is 2. The molecule has 2 N–H and O–H groups in total. The summed E-state index contributed by atoms with van der Waals surface area (Å²) in [7, 11) is 0. The van der Waals surface area contributed by atoms with Crippen LogP contribution in [0, 0.1) is 6.92 Å². The number of hydrogen-bond acceptors (Lipinski definition) is 4. The first kappa shape index (κ1) is 11.6. The van der Waals surface area contributed by atoms with Crippen molar-refractivity contribution in [3.63, 3.8) is 0 Å². The molecule has 0 spiro atoms. The van der Waals surface area contributed by atoms with Gasteiger partial charge in [-0.3, -0.25) is 9.89 Å². The fourth-order valence-corrected chi connectivity index (χ4v) is 1.91. The second-order valence-corrected chi connectivity index (χ2v) is 4.34. The highest BCUT2D eigenvalue weighted by Crippen LogP contribution is 2.34. The van der Waals surface area contributed by atoms with Gasteiger partial charge < -0.3 is 14.8 Å². The minimum atomic E-state index is -0.120. The monoisotopic (exact) mass is 259 g/mol. The Bertz CT molecular complexity index is 621. The molecule has 0 saturated carbocycles. The molecule has 6 nitrogen and oxygen atoms in total. The SMILES string of the molecule is Cc1cc(CC(=O)Nc2ccc3c(c2)OCO3)n[nH]1. The van der Waals surface area contributed by atoms with E-state index in [1.165, 1.54) is 0 Å². The highest BCUT2D eigenvalue weighted by atomic mass is 16.7. The summed E-state index contributed by atoms with van der Waals surface area (Å²) in [6.07, 6.45) is 0.235. The van der Waals surface area contributed by atoms with Gasteiger partial charge in [0.1, 0.15) is 0 Å². The molecule has 0 radical (unpaired) electrons. The predicted molar refractivity (Wildman–Crippen MR) is 68.2 cm³/mol. The number of rotatable bonds is 3. The maximum absolute atomic E-state index is 11.9. The molecule has 3 rings (SSSR count). The smallest absolute Gasteiger partial charge is 0.231 e. The van der Waals surface area contributed by atoms with Crippen LogP contribution in [0.1, 0.15) is 11.4 Å². The molecule has 1 aliphatic rings. The zero-order chi connectivity index (χ0) is 13.2. The molecule has 2 heterocycles. The summed E-state index contributed by atoms with van der Waals surface area (Å²) in [5.74, 6) is 1.22. The van der Waals surface area contributed by atoms with E-state index in [0.717, 1.165) is 11.4 Å². The number of hydrogen-bond donors (Lipinski definition) is 2. The van der Waals surface area contributed by atoms with Crippen molar-refractivity contribution in [2.45, 2.75) is 13.3 Å². The molecule has 0 saturated heterocycles. The van der Waals surface area contributed by atoms with Crippen LogP contribution >= 0.6 is 0 Å². The van der Waals surface area contributed by atoms with Crippen LogP contribution in [-0.2, 0) is 11.2 Å². The molecule has 19 heavy (non-hydrogen) atoms. The van der Waals surface area contributed by atoms with Crippen molar-refractivity contribution in [3.05, 3.63) is 35.7 Å². The molecule has 0 aliphatic carbocycles. The molecule has 1 amide bonds. The van der Waals surface area contributed by atoms with Gasteiger partial charge in [-0.15, -0.1) is 0 Å². The molecular formula is C13H13N3O3. The summed E-state index contributed by atoms with van der Waals surface area (Å²) in [6, 6.07) is 7.15. The summed E-state index contributed by atoms with van der Waals surface area (Å²) in [5.41, 5.74) is 2.34. The highest BCUT2D eigenvalue weighted by molar-refractivity contribution is 5.92. The van der Waals surface area contributed by atoms with E-state index < -0.39 is 0 Å². The number of nitrogens with zero attached hydrogens (tertiary/aromatic N) is 1. The first-order chi connectivity index (χ1) is 9.20. The van der Waals surface area contributed by atoms with Crippen molar-refractivity contribution in [2.75, 3.05) is 12.1 Å². The van der Waals surface area contributed by atoms with Crippen molar-refractivity contribution >= 4 is 11.6 Å². The quantitative estimate of drug-likeness (QED) is 0.878. The zero-order valence-electron chi connectivity index (χ0n) is 10.4. The first-order valence-electron chi connectivity index (χ1n) is 5.91. The van der Waals surface area contributed by atoms with Gasteiger partial charge in [0.25, 0.3) is 0 Å². The van der Waals surface area contributed by atoms with E-state index >= 15 is 0 Å². The standard InChI is InChI=1S/C13H13N3O3/c1-8-4-10(16-15-8)6-13(17)14-9-2-3-11-12(5-9)19-7-18-11/h2-5H,6-7H2,1H3,(H,14,17)(H,15,16). The second kappa shape index (κ2) is 4.64. The molecule has 1 aromatic heterocycles. The van der Waals surface area contributed by atoms with E-state index in [1.807, 2.05) is 13.0 Å². The lowest BCUT2D eigenvalue weighted by atomic mass is 10.2. The van der Waals surface area contributed by atoms with Gasteiger partial charge in [-0.2, -0.15) is 5.10 Å². The van der Waals surface area contributed by atoms with Gasteiger partial charge in [-0.05, 0) is 25.1 Å². The molecule has 1 aliphatic heterocycles. The Kier molecular flexibility index (Phi) is 2.83. The molecule has 0 unspecified atom stereocenters. The molecule has 2 aromatic rings. The van der Waals surface area contributed by atoms with E-state index in [2.05, 4.69) is 15.5 Å². The van der Waals surface area contributed by atoms with Crippen LogP contribution in [0.2, 0.25) is 0 Å². The molecule has 98 valence electrons. The summed E-state index contributed by atoms with van der Waals surface area (Å²) in [4.78, 5) is 11.9. The maximum Gasteiger partial charge on any atom is 0.231 e. The van der Waals surface area contributed by atoms with E-state index in [-0.39, 0.29) is 19.1 Å². The number of amides is 1. The summed E-state index contributed by atoms with van der Waals surface area (Å²) in [5, 5.41) is 9.63. The van der Waals surface area contributed by atoms with Gasteiger partial charge in [0, 0.05) is 17.4 Å². The fourth-order valence-electron chi connectivity index (χ4n) is 1.91. The van der Waals surface area contributed by atoms with Crippen LogP contribution in [0.4, 0.5) is 5.69 Å². The maximum atomic E-state index is 11.9. The van der Waals surface area contributed by atoms with Gasteiger partial charge in [0.2, 0.25) is 12.7 Å². The van der Waals surface area contributed by atoms with Crippen molar-refractivity contribution in [3.8, 4) is 11.5 Å². The largest absolute Gasteiger partial charge is 0.454 e. The number of aromatic amines is 1. The normalized spacial score (nSPS) is 12.5. The van der Waals surface area contributed by atoms with Crippen molar-refractivity contribution in [2.24, 2.45) is 0 Å². The number of carbonyl (C=O) groups is 1.